The molecule has 8 heteroatoms. The van der Waals surface area contributed by atoms with Gasteiger partial charge in [-0.2, -0.15) is 18.4 Å². The van der Waals surface area contributed by atoms with Crippen molar-refractivity contribution in [1.29, 1.82) is 5.26 Å². The average Bonchev–Trinajstić information content (AvgIpc) is 2.85. The third kappa shape index (κ3) is 3.75. The molecule has 2 aromatic rings. The van der Waals surface area contributed by atoms with Crippen LogP contribution in [0.4, 0.5) is 13.2 Å². The van der Waals surface area contributed by atoms with E-state index in [0.29, 0.717) is 17.0 Å². The fourth-order valence-electron chi connectivity index (χ4n) is 2.57. The first-order valence-electron chi connectivity index (χ1n) is 7.36. The van der Waals surface area contributed by atoms with Gasteiger partial charge in [0.1, 0.15) is 11.6 Å². The second kappa shape index (κ2) is 7.26. The fraction of sp³-hybridized carbons (Fsp3) is 0.222. The SMILES string of the molecule is COC(=O)/C(C#N)=C/c1cc(C)n(-c2cc(C(F)(F)F)ccc2Cl)c1C. The maximum absolute atomic E-state index is 13.0. The summed E-state index contributed by atoms with van der Waals surface area (Å²) in [4.78, 5) is 11.6. The molecule has 0 saturated heterocycles. The molecule has 0 spiro atoms. The lowest BCUT2D eigenvalue weighted by Gasteiger charge is -2.15. The van der Waals surface area contributed by atoms with E-state index in [1.165, 1.54) is 16.7 Å². The number of hydrogen-bond donors (Lipinski definition) is 0. The molecule has 1 aromatic carbocycles. The Kier molecular flexibility index (Phi) is 5.47. The number of hydrogen-bond acceptors (Lipinski definition) is 3. The lowest BCUT2D eigenvalue weighted by molar-refractivity contribution is -0.137. The molecule has 0 fully saturated rings. The van der Waals surface area contributed by atoms with Gasteiger partial charge >= 0.3 is 12.1 Å². The van der Waals surface area contributed by atoms with Gasteiger partial charge in [0, 0.05) is 11.4 Å². The number of ether oxygens (including phenoxy) is 1. The number of nitrogens with zero attached hydrogens (tertiary/aromatic N) is 2. The Morgan fingerprint density at radius 1 is 1.31 bits per heavy atom. The molecule has 26 heavy (non-hydrogen) atoms. The molecule has 4 nitrogen and oxygen atoms in total. The number of aryl methyl sites for hydroxylation is 1. The molecule has 0 amide bonds. The van der Waals surface area contributed by atoms with Crippen LogP contribution in [-0.2, 0) is 15.7 Å². The van der Waals surface area contributed by atoms with Crippen LogP contribution in [0.15, 0.2) is 29.8 Å². The topological polar surface area (TPSA) is 55.0 Å². The van der Waals surface area contributed by atoms with Crippen molar-refractivity contribution in [2.24, 2.45) is 0 Å². The summed E-state index contributed by atoms with van der Waals surface area (Å²) in [5.41, 5.74) is 0.736. The molecule has 1 heterocycles. The van der Waals surface area contributed by atoms with Gasteiger partial charge in [-0.25, -0.2) is 4.79 Å². The summed E-state index contributed by atoms with van der Waals surface area (Å²) in [6.07, 6.45) is -3.18. The standard InChI is InChI=1S/C18H14ClF3N2O2/c1-10-6-12(7-13(9-23)17(25)26-3)11(2)24(10)16-8-14(18(20,21)22)4-5-15(16)19/h4-8H,1-3H3/b13-7+. The molecular weight excluding hydrogens is 369 g/mol. The zero-order valence-electron chi connectivity index (χ0n) is 14.1. The smallest absolute Gasteiger partial charge is 0.416 e. The molecule has 1 aromatic heterocycles. The number of esters is 1. The van der Waals surface area contributed by atoms with E-state index in [9.17, 15) is 18.0 Å². The lowest BCUT2D eigenvalue weighted by Crippen LogP contribution is -2.08. The van der Waals surface area contributed by atoms with Gasteiger partial charge in [-0.05, 0) is 49.8 Å². The van der Waals surface area contributed by atoms with Crippen LogP contribution in [0.1, 0.15) is 22.5 Å². The molecule has 2 rings (SSSR count). The summed E-state index contributed by atoms with van der Waals surface area (Å²) >= 11 is 6.11. The van der Waals surface area contributed by atoms with E-state index in [1.54, 1.807) is 26.0 Å². The average molecular weight is 383 g/mol. The zero-order valence-corrected chi connectivity index (χ0v) is 14.9. The van der Waals surface area contributed by atoms with Crippen molar-refractivity contribution < 1.29 is 22.7 Å². The zero-order chi connectivity index (χ0) is 19.6. The van der Waals surface area contributed by atoms with Gasteiger partial charge in [0.25, 0.3) is 0 Å². The highest BCUT2D eigenvalue weighted by Gasteiger charge is 2.31. The van der Waals surface area contributed by atoms with E-state index in [1.807, 2.05) is 0 Å². The van der Waals surface area contributed by atoms with Crippen LogP contribution in [-0.4, -0.2) is 17.6 Å². The Hall–Kier alpha value is -2.72. The second-order valence-corrected chi connectivity index (χ2v) is 5.89. The molecule has 0 aliphatic carbocycles. The Bertz CT molecular complexity index is 937. The molecule has 0 saturated carbocycles. The van der Waals surface area contributed by atoms with Crippen molar-refractivity contribution in [2.75, 3.05) is 7.11 Å². The number of halogens is 4. The summed E-state index contributed by atoms with van der Waals surface area (Å²) < 4.78 is 45.1. The van der Waals surface area contributed by atoms with E-state index < -0.39 is 17.7 Å². The number of alkyl halides is 3. The number of carbonyl (C=O) groups excluding carboxylic acids is 1. The van der Waals surface area contributed by atoms with Crippen LogP contribution in [0.5, 0.6) is 0 Å². The monoisotopic (exact) mass is 382 g/mol. The number of carbonyl (C=O) groups is 1. The summed E-state index contributed by atoms with van der Waals surface area (Å²) in [5, 5.41) is 9.21. The molecule has 0 radical (unpaired) electrons. The van der Waals surface area contributed by atoms with Crippen LogP contribution < -0.4 is 0 Å². The minimum Gasteiger partial charge on any atom is -0.465 e. The van der Waals surface area contributed by atoms with Crippen molar-refractivity contribution in [1.82, 2.24) is 4.57 Å². The molecule has 0 atom stereocenters. The van der Waals surface area contributed by atoms with Crippen LogP contribution in [0.25, 0.3) is 11.8 Å². The summed E-state index contributed by atoms with van der Waals surface area (Å²) in [7, 11) is 1.15. The first-order chi connectivity index (χ1) is 12.1. The lowest BCUT2D eigenvalue weighted by atomic mass is 10.1. The van der Waals surface area contributed by atoms with E-state index >= 15 is 0 Å². The minimum absolute atomic E-state index is 0.142. The maximum Gasteiger partial charge on any atom is 0.416 e. The van der Waals surface area contributed by atoms with Gasteiger partial charge in [-0.3, -0.25) is 0 Å². The van der Waals surface area contributed by atoms with Crippen molar-refractivity contribution >= 4 is 23.6 Å². The third-order valence-electron chi connectivity index (χ3n) is 3.81. The molecule has 0 bridgehead atoms. The van der Waals surface area contributed by atoms with Crippen LogP contribution in [0, 0.1) is 25.2 Å². The molecule has 136 valence electrons. The second-order valence-electron chi connectivity index (χ2n) is 5.49. The summed E-state index contributed by atoms with van der Waals surface area (Å²) in [6, 6.07) is 6.44. The highest BCUT2D eigenvalue weighted by molar-refractivity contribution is 6.32. The van der Waals surface area contributed by atoms with E-state index in [4.69, 9.17) is 16.9 Å². The van der Waals surface area contributed by atoms with Crippen molar-refractivity contribution in [3.05, 3.63) is 57.4 Å². The minimum atomic E-state index is -4.50. The van der Waals surface area contributed by atoms with E-state index in [-0.39, 0.29) is 16.3 Å². The normalized spacial score (nSPS) is 12.0. The first kappa shape index (κ1) is 19.6. The summed E-state index contributed by atoms with van der Waals surface area (Å²) in [6.45, 7) is 3.34. The van der Waals surface area contributed by atoms with Crippen molar-refractivity contribution in [3.8, 4) is 11.8 Å². The number of nitriles is 1. The van der Waals surface area contributed by atoms with Gasteiger partial charge in [0.05, 0.1) is 23.4 Å². The van der Waals surface area contributed by atoms with Gasteiger partial charge < -0.3 is 9.30 Å². The predicted octanol–water partition coefficient (Wildman–Crippen LogP) is 4.85. The first-order valence-corrected chi connectivity index (χ1v) is 7.74. The fourth-order valence-corrected chi connectivity index (χ4v) is 2.77. The van der Waals surface area contributed by atoms with Gasteiger partial charge in [-0.15, -0.1) is 0 Å². The number of methoxy groups -OCH3 is 1. The predicted molar refractivity (Wildman–Crippen MR) is 90.9 cm³/mol. The van der Waals surface area contributed by atoms with Gasteiger partial charge in [0.15, 0.2) is 0 Å². The number of benzene rings is 1. The van der Waals surface area contributed by atoms with Crippen molar-refractivity contribution in [3.63, 3.8) is 0 Å². The van der Waals surface area contributed by atoms with Crippen LogP contribution in [0.2, 0.25) is 5.02 Å². The highest BCUT2D eigenvalue weighted by atomic mass is 35.5. The summed E-state index contributed by atoms with van der Waals surface area (Å²) in [5.74, 6) is -0.797. The molecule has 0 aliphatic rings. The highest BCUT2D eigenvalue weighted by Crippen LogP contribution is 2.35. The quantitative estimate of drug-likeness (QED) is 0.433. The Balaban J connectivity index is 2.65. The number of rotatable bonds is 3. The Morgan fingerprint density at radius 3 is 2.50 bits per heavy atom. The molecule has 0 N–H and O–H groups in total. The number of aromatic nitrogens is 1. The van der Waals surface area contributed by atoms with Gasteiger partial charge in [-0.1, -0.05) is 11.6 Å². The third-order valence-corrected chi connectivity index (χ3v) is 4.13. The molecule has 0 unspecified atom stereocenters. The molecule has 0 aliphatic heterocycles. The largest absolute Gasteiger partial charge is 0.465 e. The van der Waals surface area contributed by atoms with Crippen LogP contribution >= 0.6 is 11.6 Å². The maximum atomic E-state index is 13.0. The Labute approximate surface area is 153 Å². The van der Waals surface area contributed by atoms with E-state index in [2.05, 4.69) is 4.74 Å². The van der Waals surface area contributed by atoms with E-state index in [0.717, 1.165) is 19.2 Å². The van der Waals surface area contributed by atoms with Crippen LogP contribution in [0.3, 0.4) is 0 Å². The Morgan fingerprint density at radius 2 is 1.96 bits per heavy atom. The molecular formula is C18H14ClF3N2O2. The van der Waals surface area contributed by atoms with Crippen molar-refractivity contribution in [2.45, 2.75) is 20.0 Å². The van der Waals surface area contributed by atoms with Gasteiger partial charge in [0.2, 0.25) is 0 Å².